The molecule has 0 spiro atoms. The quantitative estimate of drug-likeness (QED) is 0.359. The van der Waals surface area contributed by atoms with Crippen LogP contribution in [0, 0.1) is 12.7 Å². The number of carbonyl (C=O) groups is 2. The maximum atomic E-state index is 14.7. The maximum absolute atomic E-state index is 14.7. The number of hydrogen-bond acceptors (Lipinski definition) is 4. The predicted molar refractivity (Wildman–Crippen MR) is 152 cm³/mol. The van der Waals surface area contributed by atoms with Crippen molar-refractivity contribution in [3.05, 3.63) is 101 Å². The fourth-order valence-electron chi connectivity index (χ4n) is 4.13. The van der Waals surface area contributed by atoms with Gasteiger partial charge >= 0.3 is 0 Å². The molecular weight excluding hydrogens is 517 g/mol. The lowest BCUT2D eigenvalue weighted by Crippen LogP contribution is -2.54. The molecule has 1 N–H and O–H groups in total. The van der Waals surface area contributed by atoms with Gasteiger partial charge < -0.3 is 10.2 Å². The van der Waals surface area contributed by atoms with Crippen LogP contribution in [-0.2, 0) is 32.6 Å². The van der Waals surface area contributed by atoms with Gasteiger partial charge in [-0.25, -0.2) is 12.8 Å². The van der Waals surface area contributed by atoms with Crippen LogP contribution in [0.5, 0.6) is 0 Å². The van der Waals surface area contributed by atoms with E-state index in [2.05, 4.69) is 5.32 Å². The van der Waals surface area contributed by atoms with Crippen LogP contribution in [0.3, 0.4) is 0 Å². The molecule has 0 aliphatic heterocycles. The van der Waals surface area contributed by atoms with Crippen LogP contribution in [-0.4, -0.2) is 50.0 Å². The number of nitrogens with zero attached hydrogens (tertiary/aromatic N) is 2. The molecule has 0 aliphatic carbocycles. The minimum absolute atomic E-state index is 0.0689. The lowest BCUT2D eigenvalue weighted by Gasteiger charge is -2.34. The number of carbonyl (C=O) groups excluding carboxylic acids is 2. The van der Waals surface area contributed by atoms with Gasteiger partial charge in [-0.1, -0.05) is 79.2 Å². The van der Waals surface area contributed by atoms with Gasteiger partial charge in [0.1, 0.15) is 18.4 Å². The fourth-order valence-corrected chi connectivity index (χ4v) is 4.98. The second-order valence-electron chi connectivity index (χ2n) is 9.75. The van der Waals surface area contributed by atoms with Crippen molar-refractivity contribution in [2.45, 2.75) is 52.2 Å². The van der Waals surface area contributed by atoms with Crippen molar-refractivity contribution in [3.63, 3.8) is 0 Å². The number of benzene rings is 3. The molecule has 0 fully saturated rings. The summed E-state index contributed by atoms with van der Waals surface area (Å²) in [5.41, 5.74) is 2.43. The summed E-state index contributed by atoms with van der Waals surface area (Å²) in [4.78, 5) is 29.0. The number of halogens is 1. The first kappa shape index (κ1) is 29.8. The van der Waals surface area contributed by atoms with Crippen molar-refractivity contribution in [2.24, 2.45) is 0 Å². The summed E-state index contributed by atoms with van der Waals surface area (Å²) in [6.45, 7) is 5.19. The number of para-hydroxylation sites is 1. The normalized spacial score (nSPS) is 12.8. The Bertz CT molecular complexity index is 1360. The summed E-state index contributed by atoms with van der Waals surface area (Å²) in [7, 11) is -4.03. The van der Waals surface area contributed by atoms with Crippen LogP contribution in [0.25, 0.3) is 0 Å². The minimum Gasteiger partial charge on any atom is -0.352 e. The van der Waals surface area contributed by atoms with Crippen molar-refractivity contribution in [3.8, 4) is 0 Å². The Morgan fingerprint density at radius 1 is 0.923 bits per heavy atom. The highest BCUT2D eigenvalue weighted by Crippen LogP contribution is 2.23. The molecule has 0 heterocycles. The molecule has 0 unspecified atom stereocenters. The Kier molecular flexibility index (Phi) is 10.2. The molecular formula is C30H36FN3O4S. The molecule has 208 valence electrons. The minimum atomic E-state index is -4.03. The Morgan fingerprint density at radius 2 is 1.54 bits per heavy atom. The third kappa shape index (κ3) is 8.38. The molecule has 3 aromatic rings. The molecule has 9 heteroatoms. The van der Waals surface area contributed by atoms with Gasteiger partial charge in [0.15, 0.2) is 0 Å². The predicted octanol–water partition coefficient (Wildman–Crippen LogP) is 4.45. The van der Waals surface area contributed by atoms with Crippen molar-refractivity contribution < 1.29 is 22.4 Å². The molecule has 39 heavy (non-hydrogen) atoms. The van der Waals surface area contributed by atoms with Crippen molar-refractivity contribution in [1.82, 2.24) is 10.2 Å². The molecule has 2 atom stereocenters. The summed E-state index contributed by atoms with van der Waals surface area (Å²) < 4.78 is 40.9. The zero-order chi connectivity index (χ0) is 28.6. The molecule has 3 aromatic carbocycles. The number of rotatable bonds is 12. The molecule has 0 saturated carbocycles. The lowest BCUT2D eigenvalue weighted by atomic mass is 10.0. The van der Waals surface area contributed by atoms with E-state index in [-0.39, 0.29) is 30.6 Å². The number of hydrogen-bond donors (Lipinski definition) is 1. The Hall–Kier alpha value is -3.72. The molecule has 0 saturated heterocycles. The molecule has 0 aliphatic rings. The van der Waals surface area contributed by atoms with E-state index in [0.717, 1.165) is 33.3 Å². The molecule has 3 rings (SSSR count). The van der Waals surface area contributed by atoms with Crippen LogP contribution in [0.2, 0.25) is 0 Å². The van der Waals surface area contributed by atoms with Crippen LogP contribution in [0.1, 0.15) is 37.0 Å². The van der Waals surface area contributed by atoms with Crippen molar-refractivity contribution in [2.75, 3.05) is 17.1 Å². The number of anilines is 1. The molecule has 2 amide bonds. The molecule has 7 nitrogen and oxygen atoms in total. The highest BCUT2D eigenvalue weighted by molar-refractivity contribution is 7.92. The van der Waals surface area contributed by atoms with Crippen molar-refractivity contribution in [1.29, 1.82) is 0 Å². The average molecular weight is 554 g/mol. The van der Waals surface area contributed by atoms with Crippen LogP contribution < -0.4 is 9.62 Å². The van der Waals surface area contributed by atoms with E-state index in [1.165, 1.54) is 23.1 Å². The van der Waals surface area contributed by atoms with Crippen LogP contribution in [0.15, 0.2) is 78.9 Å². The third-order valence-corrected chi connectivity index (χ3v) is 7.67. The Labute approximate surface area is 230 Å². The monoisotopic (exact) mass is 553 g/mol. The van der Waals surface area contributed by atoms with Gasteiger partial charge in [-0.2, -0.15) is 0 Å². The zero-order valence-corrected chi connectivity index (χ0v) is 23.6. The van der Waals surface area contributed by atoms with E-state index in [9.17, 15) is 22.4 Å². The number of aryl methyl sites for hydroxylation is 1. The summed E-state index contributed by atoms with van der Waals surface area (Å²) in [5, 5.41) is 2.98. The second kappa shape index (κ2) is 13.4. The van der Waals surface area contributed by atoms with Crippen molar-refractivity contribution >= 4 is 27.5 Å². The van der Waals surface area contributed by atoms with Gasteiger partial charge in [-0.15, -0.1) is 0 Å². The second-order valence-corrected chi connectivity index (χ2v) is 11.7. The van der Waals surface area contributed by atoms with Gasteiger partial charge in [0.05, 0.1) is 11.9 Å². The third-order valence-electron chi connectivity index (χ3n) is 6.55. The Morgan fingerprint density at radius 3 is 2.13 bits per heavy atom. The SMILES string of the molecule is CC[C@H](C)NC(=O)[C@H](Cc1ccccc1)N(Cc1ccc(C)cc1)C(=O)CN(c1ccccc1F)S(C)(=O)=O. The number of amides is 2. The van der Waals surface area contributed by atoms with Gasteiger partial charge in [0, 0.05) is 19.0 Å². The average Bonchev–Trinajstić information content (AvgIpc) is 2.90. The molecule has 0 bridgehead atoms. The highest BCUT2D eigenvalue weighted by Gasteiger charge is 2.34. The standard InChI is InChI=1S/C30H36FN3O4S/c1-5-23(3)32-30(36)28(19-24-11-7-6-8-12-24)33(20-25-17-15-22(2)16-18-25)29(35)21-34(39(4,37)38)27-14-10-9-13-26(27)31/h6-18,23,28H,5,19-21H2,1-4H3,(H,32,36)/t23-,28-/m0/s1. The number of nitrogens with one attached hydrogen (secondary N) is 1. The first-order chi connectivity index (χ1) is 18.5. The maximum Gasteiger partial charge on any atom is 0.244 e. The molecule has 0 aromatic heterocycles. The zero-order valence-electron chi connectivity index (χ0n) is 22.8. The number of sulfonamides is 1. The van der Waals surface area contributed by atoms with E-state index in [4.69, 9.17) is 0 Å². The summed E-state index contributed by atoms with van der Waals surface area (Å²) >= 11 is 0. The van der Waals surface area contributed by atoms with Gasteiger partial charge in [-0.3, -0.25) is 13.9 Å². The summed E-state index contributed by atoms with van der Waals surface area (Å²) in [5.74, 6) is -1.73. The van der Waals surface area contributed by atoms with Crippen LogP contribution in [0.4, 0.5) is 10.1 Å². The first-order valence-corrected chi connectivity index (χ1v) is 14.8. The van der Waals surface area contributed by atoms with Gasteiger partial charge in [0.2, 0.25) is 21.8 Å². The molecule has 0 radical (unpaired) electrons. The lowest BCUT2D eigenvalue weighted by molar-refractivity contribution is -0.140. The topological polar surface area (TPSA) is 86.8 Å². The smallest absolute Gasteiger partial charge is 0.244 e. The van der Waals surface area contributed by atoms with Gasteiger partial charge in [0.25, 0.3) is 0 Å². The summed E-state index contributed by atoms with van der Waals surface area (Å²) in [6, 6.07) is 21.2. The van der Waals surface area contributed by atoms with E-state index in [0.29, 0.717) is 6.42 Å². The van der Waals surface area contributed by atoms with E-state index < -0.39 is 34.3 Å². The van der Waals surface area contributed by atoms with Crippen LogP contribution >= 0.6 is 0 Å². The van der Waals surface area contributed by atoms with E-state index >= 15 is 0 Å². The van der Waals surface area contributed by atoms with Gasteiger partial charge in [-0.05, 0) is 43.5 Å². The fraction of sp³-hybridized carbons (Fsp3) is 0.333. The van der Waals surface area contributed by atoms with E-state index in [1.807, 2.05) is 75.4 Å². The first-order valence-electron chi connectivity index (χ1n) is 12.9. The Balaban J connectivity index is 2.06. The highest BCUT2D eigenvalue weighted by atomic mass is 32.2. The largest absolute Gasteiger partial charge is 0.352 e. The van der Waals surface area contributed by atoms with E-state index in [1.54, 1.807) is 0 Å². The summed E-state index contributed by atoms with van der Waals surface area (Å²) in [6.07, 6.45) is 1.85.